The molecule has 4 nitrogen and oxygen atoms in total. The molecule has 2 N–H and O–H groups in total. The normalized spacial score (nSPS) is 11.2. The van der Waals surface area contributed by atoms with Gasteiger partial charge in [-0.05, 0) is 48.6 Å². The summed E-state index contributed by atoms with van der Waals surface area (Å²) in [4.78, 5) is 4.19. The molecule has 2 aromatic rings. The molecule has 0 fully saturated rings. The van der Waals surface area contributed by atoms with E-state index in [0.717, 1.165) is 31.1 Å². The van der Waals surface area contributed by atoms with Gasteiger partial charge >= 0.3 is 0 Å². The monoisotopic (exact) mass is 343 g/mol. The average molecular weight is 343 g/mol. The highest BCUT2D eigenvalue weighted by Crippen LogP contribution is 2.12. The van der Waals surface area contributed by atoms with Gasteiger partial charge < -0.3 is 15.4 Å². The van der Waals surface area contributed by atoms with Crippen molar-refractivity contribution >= 4 is 5.96 Å². The maximum absolute atomic E-state index is 13.6. The van der Waals surface area contributed by atoms with Crippen molar-refractivity contribution in [1.29, 1.82) is 0 Å². The van der Waals surface area contributed by atoms with Crippen LogP contribution >= 0.6 is 0 Å². The number of nitrogens with one attached hydrogen (secondary N) is 2. The molecule has 0 aliphatic heterocycles. The van der Waals surface area contributed by atoms with Crippen LogP contribution in [0.4, 0.5) is 4.39 Å². The fourth-order valence-corrected chi connectivity index (χ4v) is 2.53. The van der Waals surface area contributed by atoms with Gasteiger partial charge in [0.05, 0.1) is 7.11 Å². The van der Waals surface area contributed by atoms with E-state index in [1.807, 2.05) is 24.3 Å². The molecule has 0 aliphatic rings. The summed E-state index contributed by atoms with van der Waals surface area (Å²) in [6.45, 7) is 1.46. The van der Waals surface area contributed by atoms with Crippen LogP contribution in [0.2, 0.25) is 0 Å². The van der Waals surface area contributed by atoms with Crippen molar-refractivity contribution in [1.82, 2.24) is 10.6 Å². The molecule has 0 saturated heterocycles. The fourth-order valence-electron chi connectivity index (χ4n) is 2.53. The third kappa shape index (κ3) is 6.45. The number of nitrogens with zero attached hydrogens (tertiary/aromatic N) is 1. The van der Waals surface area contributed by atoms with E-state index in [4.69, 9.17) is 4.74 Å². The second-order valence-corrected chi connectivity index (χ2v) is 5.72. The van der Waals surface area contributed by atoms with Crippen molar-refractivity contribution < 1.29 is 9.13 Å². The van der Waals surface area contributed by atoms with Crippen LogP contribution in [0.3, 0.4) is 0 Å². The van der Waals surface area contributed by atoms with Gasteiger partial charge in [-0.1, -0.05) is 30.3 Å². The van der Waals surface area contributed by atoms with Gasteiger partial charge in [-0.25, -0.2) is 4.39 Å². The van der Waals surface area contributed by atoms with E-state index in [1.165, 1.54) is 11.6 Å². The lowest BCUT2D eigenvalue weighted by Crippen LogP contribution is -2.38. The zero-order valence-corrected chi connectivity index (χ0v) is 14.9. The van der Waals surface area contributed by atoms with Crippen molar-refractivity contribution in [3.8, 4) is 5.75 Å². The number of guanidine groups is 1. The summed E-state index contributed by atoms with van der Waals surface area (Å²) in [5.74, 6) is 1.46. The second kappa shape index (κ2) is 10.3. The quantitative estimate of drug-likeness (QED) is 0.440. The summed E-state index contributed by atoms with van der Waals surface area (Å²) in [6, 6.07) is 15.0. The Morgan fingerprint density at radius 1 is 1.00 bits per heavy atom. The summed E-state index contributed by atoms with van der Waals surface area (Å²) in [5, 5.41) is 6.50. The highest BCUT2D eigenvalue weighted by molar-refractivity contribution is 5.79. The SMILES string of the molecule is CN=C(NCCCc1ccc(OC)cc1)NCCc1ccccc1F. The smallest absolute Gasteiger partial charge is 0.190 e. The molecule has 2 rings (SSSR count). The minimum absolute atomic E-state index is 0.160. The molecule has 0 unspecified atom stereocenters. The molecule has 0 heterocycles. The first-order valence-electron chi connectivity index (χ1n) is 8.54. The minimum atomic E-state index is -0.160. The predicted octanol–water partition coefficient (Wildman–Crippen LogP) is 3.17. The first-order valence-corrected chi connectivity index (χ1v) is 8.54. The molecule has 0 aromatic heterocycles. The van der Waals surface area contributed by atoms with Gasteiger partial charge in [0.1, 0.15) is 11.6 Å². The molecule has 5 heteroatoms. The van der Waals surface area contributed by atoms with Gasteiger partial charge in [-0.15, -0.1) is 0 Å². The topological polar surface area (TPSA) is 45.7 Å². The molecule has 0 aliphatic carbocycles. The molecule has 0 radical (unpaired) electrons. The molecule has 0 spiro atoms. The van der Waals surface area contributed by atoms with Crippen molar-refractivity contribution in [3.63, 3.8) is 0 Å². The zero-order chi connectivity index (χ0) is 17.9. The molecule has 0 amide bonds. The van der Waals surface area contributed by atoms with Crippen LogP contribution < -0.4 is 15.4 Å². The number of methoxy groups -OCH3 is 1. The van der Waals surface area contributed by atoms with E-state index in [-0.39, 0.29) is 5.82 Å². The molecular weight excluding hydrogens is 317 g/mol. The number of rotatable bonds is 8. The maximum atomic E-state index is 13.6. The third-order valence-corrected chi connectivity index (χ3v) is 3.96. The van der Waals surface area contributed by atoms with Gasteiger partial charge in [-0.2, -0.15) is 0 Å². The first-order chi connectivity index (χ1) is 12.2. The van der Waals surface area contributed by atoms with Crippen LogP contribution in [-0.2, 0) is 12.8 Å². The number of ether oxygens (including phenoxy) is 1. The van der Waals surface area contributed by atoms with Crippen LogP contribution in [0.5, 0.6) is 5.75 Å². The standard InChI is InChI=1S/C20H26FN3O/c1-22-20(24-15-13-17-7-3-4-8-19(17)21)23-14-5-6-16-9-11-18(25-2)12-10-16/h3-4,7-12H,5-6,13-15H2,1-2H3,(H2,22,23,24). The molecule has 25 heavy (non-hydrogen) atoms. The highest BCUT2D eigenvalue weighted by Gasteiger charge is 2.02. The van der Waals surface area contributed by atoms with E-state index in [1.54, 1.807) is 20.2 Å². The Labute approximate surface area is 149 Å². The van der Waals surface area contributed by atoms with Crippen LogP contribution in [0.25, 0.3) is 0 Å². The van der Waals surface area contributed by atoms with Gasteiger partial charge in [0.25, 0.3) is 0 Å². The first kappa shape index (κ1) is 18.8. The number of hydrogen-bond acceptors (Lipinski definition) is 2. The summed E-state index contributed by atoms with van der Waals surface area (Å²) in [5.41, 5.74) is 2.00. The Morgan fingerprint density at radius 2 is 1.72 bits per heavy atom. The predicted molar refractivity (Wildman–Crippen MR) is 101 cm³/mol. The summed E-state index contributed by atoms with van der Waals surface area (Å²) in [6.07, 6.45) is 2.61. The Hall–Kier alpha value is -2.56. The van der Waals surface area contributed by atoms with E-state index >= 15 is 0 Å². The zero-order valence-electron chi connectivity index (χ0n) is 14.9. The minimum Gasteiger partial charge on any atom is -0.497 e. The van der Waals surface area contributed by atoms with Crippen molar-refractivity contribution in [2.75, 3.05) is 27.2 Å². The lowest BCUT2D eigenvalue weighted by Gasteiger charge is -2.12. The number of aryl methyl sites for hydroxylation is 1. The maximum Gasteiger partial charge on any atom is 0.190 e. The van der Waals surface area contributed by atoms with Crippen molar-refractivity contribution in [2.45, 2.75) is 19.3 Å². The lowest BCUT2D eigenvalue weighted by molar-refractivity contribution is 0.414. The summed E-state index contributed by atoms with van der Waals surface area (Å²) in [7, 11) is 3.41. The Kier molecular flexibility index (Phi) is 7.76. The number of halogens is 1. The Bertz CT molecular complexity index is 671. The number of benzene rings is 2. The van der Waals surface area contributed by atoms with Gasteiger partial charge in [0, 0.05) is 20.1 Å². The van der Waals surface area contributed by atoms with Gasteiger partial charge in [-0.3, -0.25) is 4.99 Å². The molecule has 2 aromatic carbocycles. The number of hydrogen-bond donors (Lipinski definition) is 2. The van der Waals surface area contributed by atoms with Crippen LogP contribution in [0, 0.1) is 5.82 Å². The van der Waals surface area contributed by atoms with Gasteiger partial charge in [0.2, 0.25) is 0 Å². The van der Waals surface area contributed by atoms with Crippen LogP contribution in [0.15, 0.2) is 53.5 Å². The lowest BCUT2D eigenvalue weighted by atomic mass is 10.1. The molecule has 0 atom stereocenters. The largest absolute Gasteiger partial charge is 0.497 e. The van der Waals surface area contributed by atoms with Gasteiger partial charge in [0.15, 0.2) is 5.96 Å². The molecule has 0 saturated carbocycles. The fraction of sp³-hybridized carbons (Fsp3) is 0.350. The Morgan fingerprint density at radius 3 is 2.40 bits per heavy atom. The molecule has 0 bridgehead atoms. The highest BCUT2D eigenvalue weighted by atomic mass is 19.1. The van der Waals surface area contributed by atoms with E-state index in [0.29, 0.717) is 18.5 Å². The molecule has 134 valence electrons. The van der Waals surface area contributed by atoms with E-state index in [9.17, 15) is 4.39 Å². The average Bonchev–Trinajstić information content (AvgIpc) is 2.65. The van der Waals surface area contributed by atoms with E-state index < -0.39 is 0 Å². The van der Waals surface area contributed by atoms with Crippen molar-refractivity contribution in [2.24, 2.45) is 4.99 Å². The molecular formula is C20H26FN3O. The summed E-state index contributed by atoms with van der Waals surface area (Å²) < 4.78 is 18.7. The third-order valence-electron chi connectivity index (χ3n) is 3.96. The van der Waals surface area contributed by atoms with Crippen molar-refractivity contribution in [3.05, 3.63) is 65.5 Å². The Balaban J connectivity index is 1.65. The van der Waals surface area contributed by atoms with Crippen LogP contribution in [0.1, 0.15) is 17.5 Å². The van der Waals surface area contributed by atoms with E-state index in [2.05, 4.69) is 27.8 Å². The number of aliphatic imine (C=N–C) groups is 1. The summed E-state index contributed by atoms with van der Waals surface area (Å²) >= 11 is 0. The second-order valence-electron chi connectivity index (χ2n) is 5.72. The van der Waals surface area contributed by atoms with Crippen LogP contribution in [-0.4, -0.2) is 33.2 Å².